The van der Waals surface area contributed by atoms with Crippen LogP contribution < -0.4 is 0 Å². The Morgan fingerprint density at radius 1 is 1.59 bits per heavy atom. The number of aryl methyl sites for hydroxylation is 1. The molecule has 0 amide bonds. The minimum Gasteiger partial charge on any atom is -0.513 e. The smallest absolute Gasteiger partial charge is 0.290 e. The molecule has 0 unspecified atom stereocenters. The molecule has 0 radical (unpaired) electrons. The molecular formula is C13H19NO3. The normalized spacial score (nSPS) is 10.4. The summed E-state index contributed by atoms with van der Waals surface area (Å²) in [5.41, 5.74) is 3.26. The maximum Gasteiger partial charge on any atom is 0.290 e. The molecule has 0 saturated carbocycles. The highest BCUT2D eigenvalue weighted by Crippen LogP contribution is 2.19. The van der Waals surface area contributed by atoms with E-state index in [-0.39, 0.29) is 6.47 Å². The van der Waals surface area contributed by atoms with Crippen molar-refractivity contribution in [2.45, 2.75) is 26.7 Å². The largest absolute Gasteiger partial charge is 0.513 e. The number of hydrogen-bond acceptors (Lipinski definition) is 2. The van der Waals surface area contributed by atoms with Crippen LogP contribution in [0.2, 0.25) is 0 Å². The fourth-order valence-corrected chi connectivity index (χ4v) is 1.52. The van der Waals surface area contributed by atoms with Gasteiger partial charge in [0.25, 0.3) is 6.47 Å². The molecule has 1 heterocycles. The molecule has 0 aliphatic heterocycles. The van der Waals surface area contributed by atoms with Gasteiger partial charge in [0.1, 0.15) is 0 Å². The number of aromatic amines is 1. The topological polar surface area (TPSA) is 73.3 Å². The summed E-state index contributed by atoms with van der Waals surface area (Å²) >= 11 is 0. The third-order valence-corrected chi connectivity index (χ3v) is 2.11. The predicted molar refractivity (Wildman–Crippen MR) is 69.9 cm³/mol. The summed E-state index contributed by atoms with van der Waals surface area (Å²) < 4.78 is 0. The summed E-state index contributed by atoms with van der Waals surface area (Å²) in [6, 6.07) is 0. The van der Waals surface area contributed by atoms with Gasteiger partial charge in [-0.3, -0.25) is 4.79 Å². The number of aliphatic hydroxyl groups excluding tert-OH is 1. The van der Waals surface area contributed by atoms with E-state index >= 15 is 0 Å². The second-order valence-electron chi connectivity index (χ2n) is 3.49. The second kappa shape index (κ2) is 8.21. The van der Waals surface area contributed by atoms with Crippen molar-refractivity contribution in [3.05, 3.63) is 35.4 Å². The van der Waals surface area contributed by atoms with Crippen molar-refractivity contribution in [2.75, 3.05) is 0 Å². The SMILES string of the molecule is C=Cc1[nH]cc(CCC)c1/C=C(\C)O.O=CO. The molecule has 0 atom stereocenters. The zero-order valence-electron chi connectivity index (χ0n) is 10.2. The molecule has 4 nitrogen and oxygen atoms in total. The maximum atomic E-state index is 9.25. The third-order valence-electron chi connectivity index (χ3n) is 2.11. The van der Waals surface area contributed by atoms with E-state index in [4.69, 9.17) is 9.90 Å². The fourth-order valence-electron chi connectivity index (χ4n) is 1.52. The Bertz CT molecular complexity index is 387. The number of rotatable bonds is 4. The zero-order valence-corrected chi connectivity index (χ0v) is 10.2. The van der Waals surface area contributed by atoms with Gasteiger partial charge in [-0.15, -0.1) is 0 Å². The molecule has 0 bridgehead atoms. The fraction of sp³-hybridized carbons (Fsp3) is 0.308. The van der Waals surface area contributed by atoms with Crippen molar-refractivity contribution in [3.8, 4) is 0 Å². The summed E-state index contributed by atoms with van der Waals surface area (Å²) in [6.07, 6.45) is 7.64. The van der Waals surface area contributed by atoms with E-state index in [1.807, 2.05) is 6.20 Å². The van der Waals surface area contributed by atoms with E-state index in [0.29, 0.717) is 5.76 Å². The first-order chi connectivity index (χ1) is 8.10. The summed E-state index contributed by atoms with van der Waals surface area (Å²) in [7, 11) is 0. The van der Waals surface area contributed by atoms with Gasteiger partial charge in [0.15, 0.2) is 0 Å². The molecule has 17 heavy (non-hydrogen) atoms. The summed E-state index contributed by atoms with van der Waals surface area (Å²) in [5, 5.41) is 16.1. The predicted octanol–water partition coefficient (Wildman–Crippen LogP) is 3.23. The van der Waals surface area contributed by atoms with Crippen LogP contribution in [-0.2, 0) is 11.2 Å². The first-order valence-electron chi connectivity index (χ1n) is 5.38. The number of aromatic nitrogens is 1. The molecule has 0 aliphatic rings. The lowest BCUT2D eigenvalue weighted by molar-refractivity contribution is -0.122. The number of carboxylic acid groups (broad SMARTS) is 1. The first-order valence-corrected chi connectivity index (χ1v) is 5.38. The van der Waals surface area contributed by atoms with Crippen LogP contribution in [0.1, 0.15) is 37.1 Å². The average molecular weight is 237 g/mol. The Labute approximate surface area is 101 Å². The van der Waals surface area contributed by atoms with Crippen LogP contribution in [0.3, 0.4) is 0 Å². The lowest BCUT2D eigenvalue weighted by Crippen LogP contribution is -1.85. The number of aliphatic hydroxyl groups is 1. The highest BCUT2D eigenvalue weighted by atomic mass is 16.3. The highest BCUT2D eigenvalue weighted by molar-refractivity contribution is 5.65. The van der Waals surface area contributed by atoms with Gasteiger partial charge in [0.2, 0.25) is 0 Å². The standard InChI is InChI=1S/C12H17NO.CH2O2/c1-4-6-10-8-13-12(5-2)11(10)7-9(3)14;2-1-3/h5,7-8,13-14H,2,4,6H2,1,3H3;1H,(H,2,3)/b9-7+;. The van der Waals surface area contributed by atoms with Gasteiger partial charge < -0.3 is 15.2 Å². The van der Waals surface area contributed by atoms with Gasteiger partial charge >= 0.3 is 0 Å². The van der Waals surface area contributed by atoms with Gasteiger partial charge in [-0.05, 0) is 31.1 Å². The molecule has 94 valence electrons. The molecular weight excluding hydrogens is 218 g/mol. The van der Waals surface area contributed by atoms with Crippen molar-refractivity contribution in [2.24, 2.45) is 0 Å². The summed E-state index contributed by atoms with van der Waals surface area (Å²) in [4.78, 5) is 11.5. The van der Waals surface area contributed by atoms with Gasteiger partial charge in [-0.1, -0.05) is 19.9 Å². The van der Waals surface area contributed by atoms with Crippen LogP contribution in [0, 0.1) is 0 Å². The Morgan fingerprint density at radius 3 is 2.59 bits per heavy atom. The van der Waals surface area contributed by atoms with E-state index in [1.54, 1.807) is 19.1 Å². The Balaban J connectivity index is 0.000000770. The van der Waals surface area contributed by atoms with Gasteiger partial charge in [-0.2, -0.15) is 0 Å². The van der Waals surface area contributed by atoms with E-state index in [9.17, 15) is 5.11 Å². The molecule has 0 aromatic carbocycles. The Kier molecular flexibility index (Phi) is 7.26. The molecule has 0 fully saturated rings. The van der Waals surface area contributed by atoms with Crippen molar-refractivity contribution in [1.29, 1.82) is 0 Å². The van der Waals surface area contributed by atoms with Crippen LogP contribution in [0.5, 0.6) is 0 Å². The van der Waals surface area contributed by atoms with E-state index in [0.717, 1.165) is 24.1 Å². The quantitative estimate of drug-likeness (QED) is 0.556. The molecule has 1 rings (SSSR count). The molecule has 0 saturated heterocycles. The minimum atomic E-state index is -0.250. The van der Waals surface area contributed by atoms with Gasteiger partial charge in [0, 0.05) is 17.5 Å². The van der Waals surface area contributed by atoms with Crippen molar-refractivity contribution >= 4 is 18.6 Å². The minimum absolute atomic E-state index is 0.250. The lowest BCUT2D eigenvalue weighted by Gasteiger charge is -1.99. The summed E-state index contributed by atoms with van der Waals surface area (Å²) in [6.45, 7) is 7.30. The number of allylic oxidation sites excluding steroid dienone is 1. The number of nitrogens with one attached hydrogen (secondary N) is 1. The van der Waals surface area contributed by atoms with Gasteiger partial charge in [-0.25, -0.2) is 0 Å². The molecule has 4 heteroatoms. The molecule has 0 spiro atoms. The van der Waals surface area contributed by atoms with Crippen LogP contribution in [0.4, 0.5) is 0 Å². The Morgan fingerprint density at radius 2 is 2.18 bits per heavy atom. The zero-order chi connectivity index (χ0) is 13.3. The van der Waals surface area contributed by atoms with Gasteiger partial charge in [0.05, 0.1) is 5.76 Å². The first kappa shape index (κ1) is 15.0. The molecule has 3 N–H and O–H groups in total. The van der Waals surface area contributed by atoms with Crippen LogP contribution >= 0.6 is 0 Å². The average Bonchev–Trinajstić information content (AvgIpc) is 2.62. The van der Waals surface area contributed by atoms with Crippen molar-refractivity contribution in [3.63, 3.8) is 0 Å². The lowest BCUT2D eigenvalue weighted by atomic mass is 10.1. The molecule has 1 aromatic heterocycles. The van der Waals surface area contributed by atoms with E-state index < -0.39 is 0 Å². The number of H-pyrrole nitrogens is 1. The van der Waals surface area contributed by atoms with Crippen LogP contribution in [0.25, 0.3) is 12.2 Å². The monoisotopic (exact) mass is 237 g/mol. The van der Waals surface area contributed by atoms with Crippen molar-refractivity contribution < 1.29 is 15.0 Å². The number of hydrogen-bond donors (Lipinski definition) is 3. The maximum absolute atomic E-state index is 9.25. The second-order valence-corrected chi connectivity index (χ2v) is 3.49. The van der Waals surface area contributed by atoms with Crippen LogP contribution in [0.15, 0.2) is 18.5 Å². The molecule has 0 aliphatic carbocycles. The van der Waals surface area contributed by atoms with E-state index in [1.165, 1.54) is 5.56 Å². The van der Waals surface area contributed by atoms with Crippen LogP contribution in [-0.4, -0.2) is 21.7 Å². The number of carbonyl (C=O) groups is 1. The Hall–Kier alpha value is -1.97. The third kappa shape index (κ3) is 5.06. The molecule has 1 aromatic rings. The van der Waals surface area contributed by atoms with Crippen molar-refractivity contribution in [1.82, 2.24) is 4.98 Å². The highest BCUT2D eigenvalue weighted by Gasteiger charge is 2.05. The van der Waals surface area contributed by atoms with E-state index in [2.05, 4.69) is 18.5 Å². The summed E-state index contributed by atoms with van der Waals surface area (Å²) in [5.74, 6) is 0.324.